The molecule has 21 heavy (non-hydrogen) atoms. The van der Waals surface area contributed by atoms with Crippen molar-refractivity contribution in [2.24, 2.45) is 5.92 Å². The average Bonchev–Trinajstić information content (AvgIpc) is 2.99. The first-order chi connectivity index (χ1) is 9.31. The van der Waals surface area contributed by atoms with E-state index in [4.69, 9.17) is 9.47 Å². The minimum absolute atomic E-state index is 0. The number of rotatable bonds is 4. The molecule has 3 rings (SSSR count). The summed E-state index contributed by atoms with van der Waals surface area (Å²) in [7, 11) is 3.33. The lowest BCUT2D eigenvalue weighted by molar-refractivity contribution is 0.289. The van der Waals surface area contributed by atoms with Crippen LogP contribution in [0.15, 0.2) is 12.3 Å². The average molecular weight is 336 g/mol. The van der Waals surface area contributed by atoms with Gasteiger partial charge in [0.1, 0.15) is 5.69 Å². The van der Waals surface area contributed by atoms with Crippen molar-refractivity contribution < 1.29 is 9.47 Å². The van der Waals surface area contributed by atoms with E-state index >= 15 is 0 Å². The molecular formula is C14H23Cl2N3O2. The van der Waals surface area contributed by atoms with E-state index in [1.807, 2.05) is 6.07 Å². The molecule has 0 saturated carbocycles. The fourth-order valence-corrected chi connectivity index (χ4v) is 3.24. The van der Waals surface area contributed by atoms with Gasteiger partial charge in [0.15, 0.2) is 11.5 Å². The largest absolute Gasteiger partial charge is 0.493 e. The zero-order valence-corrected chi connectivity index (χ0v) is 14.0. The molecule has 2 saturated heterocycles. The first-order valence-electron chi connectivity index (χ1n) is 6.83. The molecular weight excluding hydrogens is 313 g/mol. The van der Waals surface area contributed by atoms with Crippen LogP contribution in [0.5, 0.6) is 11.5 Å². The molecule has 0 unspecified atom stereocenters. The molecule has 2 aliphatic rings. The molecule has 0 radical (unpaired) electrons. The summed E-state index contributed by atoms with van der Waals surface area (Å²) in [5, 5.41) is 3.57. The van der Waals surface area contributed by atoms with Gasteiger partial charge in [-0.05, 0) is 18.9 Å². The molecule has 2 fully saturated rings. The van der Waals surface area contributed by atoms with Gasteiger partial charge >= 0.3 is 0 Å². The van der Waals surface area contributed by atoms with Crippen LogP contribution in [0.3, 0.4) is 0 Å². The van der Waals surface area contributed by atoms with Crippen LogP contribution in [0.25, 0.3) is 0 Å². The number of hydrogen-bond acceptors (Lipinski definition) is 5. The van der Waals surface area contributed by atoms with Crippen LogP contribution >= 0.6 is 24.8 Å². The highest BCUT2D eigenvalue weighted by atomic mass is 35.5. The number of pyridine rings is 1. The third kappa shape index (κ3) is 3.72. The second-order valence-corrected chi connectivity index (χ2v) is 5.30. The number of ether oxygens (including phenoxy) is 2. The summed E-state index contributed by atoms with van der Waals surface area (Å²) in [4.78, 5) is 6.90. The minimum atomic E-state index is 0. The standard InChI is InChI=1S/C14H21N3O2.2ClH/c1-18-13-4-6-16-12(14(13)19-2)9-17-7-10-3-5-15-11(10)8-17;;/h4,6,10-11,15H,3,5,7-9H2,1-2H3;2*1H/t10-,11+;;/m0../s1. The predicted molar refractivity (Wildman–Crippen MR) is 87.0 cm³/mol. The Morgan fingerprint density at radius 3 is 2.76 bits per heavy atom. The van der Waals surface area contributed by atoms with E-state index in [1.165, 1.54) is 13.0 Å². The van der Waals surface area contributed by atoms with Gasteiger partial charge in [0.25, 0.3) is 0 Å². The lowest BCUT2D eigenvalue weighted by Crippen LogP contribution is -2.30. The highest BCUT2D eigenvalue weighted by Gasteiger charge is 2.36. The molecule has 0 aromatic carbocycles. The molecule has 2 atom stereocenters. The summed E-state index contributed by atoms with van der Waals surface area (Å²) in [6.07, 6.45) is 3.08. The molecule has 1 N–H and O–H groups in total. The maximum Gasteiger partial charge on any atom is 0.183 e. The Morgan fingerprint density at radius 1 is 1.29 bits per heavy atom. The van der Waals surface area contributed by atoms with Crippen molar-refractivity contribution in [2.75, 3.05) is 33.9 Å². The Labute approximate surface area is 138 Å². The van der Waals surface area contributed by atoms with Gasteiger partial charge in [0.05, 0.1) is 14.2 Å². The van der Waals surface area contributed by atoms with Gasteiger partial charge in [-0.15, -0.1) is 24.8 Å². The lowest BCUT2D eigenvalue weighted by atomic mass is 10.1. The number of methoxy groups -OCH3 is 2. The normalized spacial score (nSPS) is 23.9. The summed E-state index contributed by atoms with van der Waals surface area (Å²) in [5.74, 6) is 2.32. The van der Waals surface area contributed by atoms with Gasteiger partial charge in [0, 0.05) is 37.9 Å². The van der Waals surface area contributed by atoms with E-state index < -0.39 is 0 Å². The number of aromatic nitrogens is 1. The number of nitrogens with one attached hydrogen (secondary N) is 1. The molecule has 2 aliphatic heterocycles. The van der Waals surface area contributed by atoms with E-state index in [0.29, 0.717) is 6.04 Å². The van der Waals surface area contributed by atoms with Crippen molar-refractivity contribution in [3.05, 3.63) is 18.0 Å². The Hall–Kier alpha value is -0.750. The summed E-state index contributed by atoms with van der Waals surface area (Å²) in [6.45, 7) is 4.26. The van der Waals surface area contributed by atoms with Crippen molar-refractivity contribution in [3.63, 3.8) is 0 Å². The molecule has 3 heterocycles. The summed E-state index contributed by atoms with van der Waals surface area (Å²) in [5.41, 5.74) is 0.960. The van der Waals surface area contributed by atoms with Crippen LogP contribution in [0.2, 0.25) is 0 Å². The summed E-state index contributed by atoms with van der Waals surface area (Å²) in [6, 6.07) is 2.50. The second kappa shape index (κ2) is 8.03. The maximum atomic E-state index is 5.44. The topological polar surface area (TPSA) is 46.6 Å². The summed E-state index contributed by atoms with van der Waals surface area (Å²) < 4.78 is 10.8. The van der Waals surface area contributed by atoms with E-state index in [1.54, 1.807) is 20.4 Å². The van der Waals surface area contributed by atoms with Gasteiger partial charge in [-0.1, -0.05) is 0 Å². The Balaban J connectivity index is 0.00000110. The molecule has 1 aromatic rings. The number of hydrogen-bond donors (Lipinski definition) is 1. The molecule has 1 aromatic heterocycles. The zero-order chi connectivity index (χ0) is 13.2. The van der Waals surface area contributed by atoms with E-state index in [2.05, 4.69) is 15.2 Å². The Bertz CT molecular complexity index is 450. The van der Waals surface area contributed by atoms with E-state index in [-0.39, 0.29) is 24.8 Å². The quantitative estimate of drug-likeness (QED) is 0.908. The van der Waals surface area contributed by atoms with Crippen LogP contribution in [0.4, 0.5) is 0 Å². The fraction of sp³-hybridized carbons (Fsp3) is 0.643. The van der Waals surface area contributed by atoms with Gasteiger partial charge in [-0.25, -0.2) is 0 Å². The number of fused-ring (bicyclic) bond motifs is 1. The molecule has 120 valence electrons. The van der Waals surface area contributed by atoms with Crippen LogP contribution in [0.1, 0.15) is 12.1 Å². The van der Waals surface area contributed by atoms with Crippen LogP contribution < -0.4 is 14.8 Å². The van der Waals surface area contributed by atoms with Crippen molar-refractivity contribution in [1.82, 2.24) is 15.2 Å². The molecule has 0 amide bonds. The second-order valence-electron chi connectivity index (χ2n) is 5.30. The smallest absolute Gasteiger partial charge is 0.183 e. The van der Waals surface area contributed by atoms with E-state index in [0.717, 1.165) is 42.7 Å². The Morgan fingerprint density at radius 2 is 2.10 bits per heavy atom. The molecule has 0 aliphatic carbocycles. The Kier molecular flexibility index (Phi) is 7.00. The third-order valence-corrected chi connectivity index (χ3v) is 4.18. The number of nitrogens with zero attached hydrogens (tertiary/aromatic N) is 2. The highest BCUT2D eigenvalue weighted by Crippen LogP contribution is 2.32. The van der Waals surface area contributed by atoms with Gasteiger partial charge in [0.2, 0.25) is 0 Å². The lowest BCUT2D eigenvalue weighted by Gasteiger charge is -2.18. The van der Waals surface area contributed by atoms with Crippen LogP contribution in [-0.2, 0) is 6.54 Å². The van der Waals surface area contributed by atoms with Crippen molar-refractivity contribution >= 4 is 24.8 Å². The van der Waals surface area contributed by atoms with E-state index in [9.17, 15) is 0 Å². The molecule has 0 spiro atoms. The zero-order valence-electron chi connectivity index (χ0n) is 12.4. The monoisotopic (exact) mass is 335 g/mol. The predicted octanol–water partition coefficient (Wildman–Crippen LogP) is 1.74. The third-order valence-electron chi connectivity index (χ3n) is 4.18. The van der Waals surface area contributed by atoms with Crippen molar-refractivity contribution in [3.8, 4) is 11.5 Å². The molecule has 5 nitrogen and oxygen atoms in total. The highest BCUT2D eigenvalue weighted by molar-refractivity contribution is 5.85. The number of halogens is 2. The van der Waals surface area contributed by atoms with Crippen molar-refractivity contribution in [2.45, 2.75) is 19.0 Å². The fourth-order valence-electron chi connectivity index (χ4n) is 3.24. The minimum Gasteiger partial charge on any atom is -0.493 e. The first-order valence-corrected chi connectivity index (χ1v) is 6.83. The van der Waals surface area contributed by atoms with Gasteiger partial charge in [-0.2, -0.15) is 0 Å². The molecule has 7 heteroatoms. The van der Waals surface area contributed by atoms with Gasteiger partial charge < -0.3 is 14.8 Å². The van der Waals surface area contributed by atoms with Crippen molar-refractivity contribution in [1.29, 1.82) is 0 Å². The SMILES string of the molecule is COc1ccnc(CN2C[C@@H]3CCN[C@@H]3C2)c1OC.Cl.Cl. The first kappa shape index (κ1) is 18.3. The maximum absolute atomic E-state index is 5.44. The summed E-state index contributed by atoms with van der Waals surface area (Å²) >= 11 is 0. The van der Waals surface area contributed by atoms with Crippen LogP contribution in [-0.4, -0.2) is 49.8 Å². The molecule has 0 bridgehead atoms. The van der Waals surface area contributed by atoms with Crippen LogP contribution in [0, 0.1) is 5.92 Å². The number of likely N-dealkylation sites (tertiary alicyclic amines) is 1. The van der Waals surface area contributed by atoms with Gasteiger partial charge in [-0.3, -0.25) is 9.88 Å².